The standard InChI is InChI=1S/C14H23NO/c1-11(2)13-5-7-14(8-6-13)16-12(3)9-10-15-4/h5-8,11-12,15H,9-10H2,1-4H3. The molecule has 0 aliphatic carbocycles. The zero-order chi connectivity index (χ0) is 12.0. The first-order valence-corrected chi connectivity index (χ1v) is 6.04. The summed E-state index contributed by atoms with van der Waals surface area (Å²) in [5.41, 5.74) is 1.36. The largest absolute Gasteiger partial charge is 0.491 e. The Labute approximate surface area is 99.0 Å². The molecule has 2 heteroatoms. The van der Waals surface area contributed by atoms with Gasteiger partial charge in [-0.15, -0.1) is 0 Å². The van der Waals surface area contributed by atoms with Crippen LogP contribution < -0.4 is 10.1 Å². The summed E-state index contributed by atoms with van der Waals surface area (Å²) in [5.74, 6) is 1.55. The molecule has 1 rings (SSSR count). The molecule has 0 amide bonds. The number of nitrogens with one attached hydrogen (secondary N) is 1. The van der Waals surface area contributed by atoms with Gasteiger partial charge in [0.1, 0.15) is 5.75 Å². The van der Waals surface area contributed by atoms with Gasteiger partial charge in [0.2, 0.25) is 0 Å². The Morgan fingerprint density at radius 1 is 1.12 bits per heavy atom. The van der Waals surface area contributed by atoms with Crippen molar-refractivity contribution in [3.05, 3.63) is 29.8 Å². The van der Waals surface area contributed by atoms with E-state index in [1.54, 1.807) is 0 Å². The third-order valence-corrected chi connectivity index (χ3v) is 2.68. The fourth-order valence-corrected chi connectivity index (χ4v) is 1.57. The molecular weight excluding hydrogens is 198 g/mol. The van der Waals surface area contributed by atoms with Gasteiger partial charge in [0, 0.05) is 0 Å². The minimum absolute atomic E-state index is 0.261. The van der Waals surface area contributed by atoms with E-state index in [0.29, 0.717) is 5.92 Å². The van der Waals surface area contributed by atoms with Gasteiger partial charge in [0.15, 0.2) is 0 Å². The Balaban J connectivity index is 2.48. The molecule has 2 nitrogen and oxygen atoms in total. The van der Waals surface area contributed by atoms with Crippen molar-refractivity contribution in [2.45, 2.75) is 39.2 Å². The fraction of sp³-hybridized carbons (Fsp3) is 0.571. The van der Waals surface area contributed by atoms with E-state index in [9.17, 15) is 0 Å². The molecule has 0 aromatic heterocycles. The van der Waals surface area contributed by atoms with Crippen LogP contribution in [0.3, 0.4) is 0 Å². The van der Waals surface area contributed by atoms with Crippen molar-refractivity contribution >= 4 is 0 Å². The molecule has 0 aliphatic rings. The highest BCUT2D eigenvalue weighted by molar-refractivity contribution is 5.28. The summed E-state index contributed by atoms with van der Waals surface area (Å²) in [6.45, 7) is 7.50. The summed E-state index contributed by atoms with van der Waals surface area (Å²) in [4.78, 5) is 0. The number of hydrogen-bond acceptors (Lipinski definition) is 2. The average Bonchev–Trinajstić information content (AvgIpc) is 2.27. The van der Waals surface area contributed by atoms with Crippen molar-refractivity contribution in [3.63, 3.8) is 0 Å². The minimum atomic E-state index is 0.261. The molecule has 0 radical (unpaired) electrons. The number of benzene rings is 1. The van der Waals surface area contributed by atoms with Gasteiger partial charge in [-0.05, 0) is 50.6 Å². The van der Waals surface area contributed by atoms with Gasteiger partial charge in [-0.1, -0.05) is 26.0 Å². The summed E-state index contributed by atoms with van der Waals surface area (Å²) >= 11 is 0. The Hall–Kier alpha value is -1.02. The van der Waals surface area contributed by atoms with E-state index < -0.39 is 0 Å². The van der Waals surface area contributed by atoms with Crippen LogP contribution in [0.1, 0.15) is 38.7 Å². The van der Waals surface area contributed by atoms with E-state index in [0.717, 1.165) is 18.7 Å². The topological polar surface area (TPSA) is 21.3 Å². The van der Waals surface area contributed by atoms with Gasteiger partial charge in [0.05, 0.1) is 6.10 Å². The lowest BCUT2D eigenvalue weighted by Gasteiger charge is -2.15. The van der Waals surface area contributed by atoms with E-state index in [2.05, 4.69) is 50.4 Å². The lowest BCUT2D eigenvalue weighted by atomic mass is 10.0. The third-order valence-electron chi connectivity index (χ3n) is 2.68. The van der Waals surface area contributed by atoms with E-state index in [1.165, 1.54) is 5.56 Å². The highest BCUT2D eigenvalue weighted by Crippen LogP contribution is 2.19. The van der Waals surface area contributed by atoms with E-state index in [4.69, 9.17) is 4.74 Å². The molecule has 1 unspecified atom stereocenters. The zero-order valence-electron chi connectivity index (χ0n) is 10.8. The predicted molar refractivity (Wildman–Crippen MR) is 69.2 cm³/mol. The van der Waals surface area contributed by atoms with Crippen molar-refractivity contribution in [2.24, 2.45) is 0 Å². The van der Waals surface area contributed by atoms with Gasteiger partial charge >= 0.3 is 0 Å². The second-order valence-corrected chi connectivity index (χ2v) is 4.54. The van der Waals surface area contributed by atoms with E-state index in [-0.39, 0.29) is 6.10 Å². The molecule has 1 atom stereocenters. The summed E-state index contributed by atoms with van der Waals surface area (Å²) in [6, 6.07) is 8.41. The maximum atomic E-state index is 5.81. The van der Waals surface area contributed by atoms with Crippen molar-refractivity contribution in [1.82, 2.24) is 5.32 Å². The van der Waals surface area contributed by atoms with Crippen molar-refractivity contribution in [3.8, 4) is 5.75 Å². The first-order valence-electron chi connectivity index (χ1n) is 6.04. The van der Waals surface area contributed by atoms with Crippen LogP contribution in [-0.4, -0.2) is 19.7 Å². The SMILES string of the molecule is CNCCC(C)Oc1ccc(C(C)C)cc1. The second kappa shape index (κ2) is 6.54. The fourth-order valence-electron chi connectivity index (χ4n) is 1.57. The molecule has 0 bridgehead atoms. The Bertz CT molecular complexity index is 292. The highest BCUT2D eigenvalue weighted by atomic mass is 16.5. The van der Waals surface area contributed by atoms with Crippen molar-refractivity contribution in [1.29, 1.82) is 0 Å². The highest BCUT2D eigenvalue weighted by Gasteiger charge is 2.04. The van der Waals surface area contributed by atoms with Gasteiger partial charge < -0.3 is 10.1 Å². The molecule has 1 aromatic rings. The summed E-state index contributed by atoms with van der Waals surface area (Å²) in [5, 5.41) is 3.13. The molecule has 0 saturated carbocycles. The second-order valence-electron chi connectivity index (χ2n) is 4.54. The molecule has 0 fully saturated rings. The predicted octanol–water partition coefficient (Wildman–Crippen LogP) is 3.19. The molecule has 0 spiro atoms. The normalized spacial score (nSPS) is 12.8. The van der Waals surface area contributed by atoms with Crippen LogP contribution in [-0.2, 0) is 0 Å². The maximum absolute atomic E-state index is 5.81. The van der Waals surface area contributed by atoms with Crippen LogP contribution >= 0.6 is 0 Å². The molecule has 90 valence electrons. The van der Waals surface area contributed by atoms with Crippen LogP contribution in [0.25, 0.3) is 0 Å². The minimum Gasteiger partial charge on any atom is -0.491 e. The molecule has 1 N–H and O–H groups in total. The molecule has 16 heavy (non-hydrogen) atoms. The summed E-state index contributed by atoms with van der Waals surface area (Å²) in [7, 11) is 1.96. The van der Waals surface area contributed by atoms with Crippen LogP contribution in [0.4, 0.5) is 0 Å². The summed E-state index contributed by atoms with van der Waals surface area (Å²) in [6.07, 6.45) is 1.29. The van der Waals surface area contributed by atoms with Crippen LogP contribution in [0.5, 0.6) is 5.75 Å². The molecular formula is C14H23NO. The van der Waals surface area contributed by atoms with Gasteiger partial charge in [0.25, 0.3) is 0 Å². The zero-order valence-corrected chi connectivity index (χ0v) is 10.8. The quantitative estimate of drug-likeness (QED) is 0.796. The number of ether oxygens (including phenoxy) is 1. The molecule has 0 heterocycles. The lowest BCUT2D eigenvalue weighted by Crippen LogP contribution is -2.19. The monoisotopic (exact) mass is 221 g/mol. The Morgan fingerprint density at radius 3 is 2.25 bits per heavy atom. The Kier molecular flexibility index (Phi) is 5.33. The van der Waals surface area contributed by atoms with Gasteiger partial charge in [-0.2, -0.15) is 0 Å². The lowest BCUT2D eigenvalue weighted by molar-refractivity contribution is 0.211. The van der Waals surface area contributed by atoms with Gasteiger partial charge in [-0.25, -0.2) is 0 Å². The van der Waals surface area contributed by atoms with Crippen LogP contribution in [0.2, 0.25) is 0 Å². The average molecular weight is 221 g/mol. The van der Waals surface area contributed by atoms with E-state index >= 15 is 0 Å². The molecule has 0 aliphatic heterocycles. The Morgan fingerprint density at radius 2 is 1.75 bits per heavy atom. The maximum Gasteiger partial charge on any atom is 0.119 e. The number of hydrogen-bond donors (Lipinski definition) is 1. The van der Waals surface area contributed by atoms with Crippen molar-refractivity contribution < 1.29 is 4.74 Å². The first-order chi connectivity index (χ1) is 7.63. The molecule has 1 aromatic carbocycles. The van der Waals surface area contributed by atoms with Crippen LogP contribution in [0, 0.1) is 0 Å². The third kappa shape index (κ3) is 4.23. The number of rotatable bonds is 6. The summed E-state index contributed by atoms with van der Waals surface area (Å²) < 4.78 is 5.81. The van der Waals surface area contributed by atoms with Gasteiger partial charge in [-0.3, -0.25) is 0 Å². The smallest absolute Gasteiger partial charge is 0.119 e. The molecule has 0 saturated heterocycles. The first kappa shape index (κ1) is 13.0. The van der Waals surface area contributed by atoms with Crippen molar-refractivity contribution in [2.75, 3.05) is 13.6 Å². The van der Waals surface area contributed by atoms with E-state index in [1.807, 2.05) is 7.05 Å². The van der Waals surface area contributed by atoms with Crippen LogP contribution in [0.15, 0.2) is 24.3 Å².